The van der Waals surface area contributed by atoms with E-state index in [1.165, 1.54) is 25.8 Å². The van der Waals surface area contributed by atoms with Gasteiger partial charge in [-0.15, -0.1) is 0 Å². The summed E-state index contributed by atoms with van der Waals surface area (Å²) >= 11 is 0. The van der Waals surface area contributed by atoms with E-state index < -0.39 is 5.41 Å². The highest BCUT2D eigenvalue weighted by Gasteiger charge is 2.52. The van der Waals surface area contributed by atoms with Gasteiger partial charge in [-0.2, -0.15) is 5.26 Å². The Balaban J connectivity index is 1.62. The van der Waals surface area contributed by atoms with Crippen molar-refractivity contribution >= 4 is 5.91 Å². The molecule has 2 heterocycles. The Labute approximate surface area is 102 Å². The Hall–Kier alpha value is -1.08. The van der Waals surface area contributed by atoms with Crippen LogP contribution in [0, 0.1) is 16.7 Å². The summed E-state index contributed by atoms with van der Waals surface area (Å²) in [5.74, 6) is -0.0163. The first kappa shape index (κ1) is 11.0. The zero-order valence-electron chi connectivity index (χ0n) is 10.1. The van der Waals surface area contributed by atoms with Crippen molar-refractivity contribution < 1.29 is 4.79 Å². The molecule has 1 saturated carbocycles. The summed E-state index contributed by atoms with van der Waals surface area (Å²) in [6.45, 7) is 2.29. The minimum absolute atomic E-state index is 0.0163. The first-order chi connectivity index (χ1) is 8.25. The molecule has 1 amide bonds. The number of hydrogen-bond acceptors (Lipinski definition) is 3. The van der Waals surface area contributed by atoms with E-state index in [0.29, 0.717) is 6.04 Å². The smallest absolute Gasteiger partial charge is 0.240 e. The first-order valence-electron chi connectivity index (χ1n) is 6.71. The predicted octanol–water partition coefficient (Wildman–Crippen LogP) is 1.03. The average Bonchev–Trinajstić information content (AvgIpc) is 3.07. The zero-order chi connectivity index (χ0) is 11.9. The Morgan fingerprint density at radius 1 is 1.29 bits per heavy atom. The molecule has 0 aromatic heterocycles. The molecule has 0 spiro atoms. The largest absolute Gasteiger partial charge is 0.350 e. The van der Waals surface area contributed by atoms with Crippen molar-refractivity contribution in [3.8, 4) is 6.07 Å². The molecule has 17 heavy (non-hydrogen) atoms. The van der Waals surface area contributed by atoms with E-state index in [0.717, 1.165) is 25.8 Å². The second-order valence-electron chi connectivity index (χ2n) is 5.66. The number of amides is 1. The van der Waals surface area contributed by atoms with Crippen molar-refractivity contribution in [3.05, 3.63) is 0 Å². The van der Waals surface area contributed by atoms with Gasteiger partial charge in [0.25, 0.3) is 0 Å². The summed E-state index contributed by atoms with van der Waals surface area (Å²) < 4.78 is 0. The lowest BCUT2D eigenvalue weighted by Crippen LogP contribution is -2.48. The van der Waals surface area contributed by atoms with Crippen LogP contribution in [-0.4, -0.2) is 36.0 Å². The minimum Gasteiger partial charge on any atom is -0.350 e. The molecule has 0 bridgehead atoms. The van der Waals surface area contributed by atoms with Crippen molar-refractivity contribution in [2.75, 3.05) is 13.1 Å². The normalized spacial score (nSPS) is 34.8. The Kier molecular flexibility index (Phi) is 2.59. The monoisotopic (exact) mass is 233 g/mol. The van der Waals surface area contributed by atoms with Crippen molar-refractivity contribution in [2.45, 2.75) is 50.6 Å². The second kappa shape index (κ2) is 3.99. The Morgan fingerprint density at radius 2 is 2.12 bits per heavy atom. The van der Waals surface area contributed by atoms with Crippen molar-refractivity contribution in [1.29, 1.82) is 5.26 Å². The standard InChI is InChI=1S/C13H19N3O/c14-9-13(5-6-13)12(17)15-10-4-8-16-7-2-1-3-11(10)16/h10-11H,1-8H2,(H,15,17). The topological polar surface area (TPSA) is 56.1 Å². The molecule has 0 radical (unpaired) electrons. The molecule has 2 aliphatic heterocycles. The highest BCUT2D eigenvalue weighted by molar-refractivity contribution is 5.88. The van der Waals surface area contributed by atoms with Gasteiger partial charge in [-0.3, -0.25) is 9.69 Å². The van der Waals surface area contributed by atoms with E-state index in [4.69, 9.17) is 5.26 Å². The number of carbonyl (C=O) groups is 1. The number of piperidine rings is 1. The van der Waals surface area contributed by atoms with Crippen molar-refractivity contribution in [1.82, 2.24) is 10.2 Å². The first-order valence-corrected chi connectivity index (χ1v) is 6.71. The molecule has 3 aliphatic rings. The third-order valence-electron chi connectivity index (χ3n) is 4.57. The summed E-state index contributed by atoms with van der Waals surface area (Å²) in [4.78, 5) is 14.5. The maximum Gasteiger partial charge on any atom is 0.240 e. The van der Waals surface area contributed by atoms with Gasteiger partial charge >= 0.3 is 0 Å². The lowest BCUT2D eigenvalue weighted by atomic mass is 9.98. The highest BCUT2D eigenvalue weighted by atomic mass is 16.2. The quantitative estimate of drug-likeness (QED) is 0.775. The number of carbonyl (C=O) groups excluding carboxylic acids is 1. The molecule has 92 valence electrons. The Morgan fingerprint density at radius 3 is 2.82 bits per heavy atom. The minimum atomic E-state index is -0.665. The molecule has 3 rings (SSSR count). The van der Waals surface area contributed by atoms with Gasteiger partial charge in [-0.25, -0.2) is 0 Å². The van der Waals surface area contributed by atoms with Gasteiger partial charge in [0.2, 0.25) is 5.91 Å². The molecule has 2 atom stereocenters. The number of nitrogens with one attached hydrogen (secondary N) is 1. The van der Waals surface area contributed by atoms with Crippen LogP contribution in [0.3, 0.4) is 0 Å². The third kappa shape index (κ3) is 1.83. The van der Waals surface area contributed by atoms with Gasteiger partial charge in [-0.1, -0.05) is 6.42 Å². The van der Waals surface area contributed by atoms with Gasteiger partial charge in [0.05, 0.1) is 6.07 Å². The zero-order valence-corrected chi connectivity index (χ0v) is 10.1. The van der Waals surface area contributed by atoms with E-state index in [2.05, 4.69) is 16.3 Å². The van der Waals surface area contributed by atoms with Crippen molar-refractivity contribution in [3.63, 3.8) is 0 Å². The van der Waals surface area contributed by atoms with Gasteiger partial charge in [0, 0.05) is 18.6 Å². The molecule has 4 nitrogen and oxygen atoms in total. The molecule has 2 saturated heterocycles. The van der Waals surface area contributed by atoms with Gasteiger partial charge < -0.3 is 5.32 Å². The fraction of sp³-hybridized carbons (Fsp3) is 0.846. The summed E-state index contributed by atoms with van der Waals surface area (Å²) in [5.41, 5.74) is -0.665. The predicted molar refractivity (Wildman–Crippen MR) is 63.0 cm³/mol. The fourth-order valence-electron chi connectivity index (χ4n) is 3.24. The maximum atomic E-state index is 12.0. The second-order valence-corrected chi connectivity index (χ2v) is 5.66. The van der Waals surface area contributed by atoms with Crippen LogP contribution in [0.5, 0.6) is 0 Å². The van der Waals surface area contributed by atoms with Crippen molar-refractivity contribution in [2.24, 2.45) is 5.41 Å². The summed E-state index contributed by atoms with van der Waals surface area (Å²) in [7, 11) is 0. The number of nitriles is 1. The lowest BCUT2D eigenvalue weighted by molar-refractivity contribution is -0.125. The molecule has 4 heteroatoms. The molecule has 0 aromatic carbocycles. The number of nitrogens with zero attached hydrogens (tertiary/aromatic N) is 2. The van der Waals surface area contributed by atoms with Gasteiger partial charge in [0.1, 0.15) is 5.41 Å². The summed E-state index contributed by atoms with van der Waals surface area (Å²) in [6, 6.07) is 2.99. The van der Waals surface area contributed by atoms with E-state index in [1.807, 2.05) is 0 Å². The van der Waals surface area contributed by atoms with E-state index in [-0.39, 0.29) is 11.9 Å². The molecule has 3 fully saturated rings. The van der Waals surface area contributed by atoms with Crippen LogP contribution < -0.4 is 5.32 Å². The number of hydrogen-bond donors (Lipinski definition) is 1. The van der Waals surface area contributed by atoms with Gasteiger partial charge in [-0.05, 0) is 38.6 Å². The molecule has 2 unspecified atom stereocenters. The van der Waals surface area contributed by atoms with E-state index >= 15 is 0 Å². The highest BCUT2D eigenvalue weighted by Crippen LogP contribution is 2.45. The van der Waals surface area contributed by atoms with Crippen LogP contribution in [0.4, 0.5) is 0 Å². The SMILES string of the molecule is N#CC1(C(=O)NC2CCN3CCCCC23)CC1. The molecular formula is C13H19N3O. The summed E-state index contributed by atoms with van der Waals surface area (Å²) in [5, 5.41) is 12.1. The van der Waals surface area contributed by atoms with E-state index in [1.54, 1.807) is 0 Å². The molecule has 0 aromatic rings. The van der Waals surface area contributed by atoms with Crippen LogP contribution in [0.25, 0.3) is 0 Å². The van der Waals surface area contributed by atoms with E-state index in [9.17, 15) is 4.79 Å². The third-order valence-corrected chi connectivity index (χ3v) is 4.57. The van der Waals surface area contributed by atoms with Crippen LogP contribution in [0.1, 0.15) is 38.5 Å². The Bertz CT molecular complexity index is 369. The fourth-order valence-corrected chi connectivity index (χ4v) is 3.24. The number of fused-ring (bicyclic) bond motifs is 1. The molecular weight excluding hydrogens is 214 g/mol. The van der Waals surface area contributed by atoms with Crippen LogP contribution in [0.15, 0.2) is 0 Å². The van der Waals surface area contributed by atoms with Crippen LogP contribution >= 0.6 is 0 Å². The van der Waals surface area contributed by atoms with Crippen LogP contribution in [0.2, 0.25) is 0 Å². The van der Waals surface area contributed by atoms with Gasteiger partial charge in [0.15, 0.2) is 0 Å². The lowest BCUT2D eigenvalue weighted by Gasteiger charge is -2.32. The van der Waals surface area contributed by atoms with Crippen LogP contribution in [-0.2, 0) is 4.79 Å². The number of rotatable bonds is 2. The average molecular weight is 233 g/mol. The summed E-state index contributed by atoms with van der Waals surface area (Å²) in [6.07, 6.45) is 6.31. The maximum absolute atomic E-state index is 12.0. The molecule has 1 aliphatic carbocycles. The molecule has 1 N–H and O–H groups in total.